The highest BCUT2D eigenvalue weighted by molar-refractivity contribution is 7.91. The Bertz CT molecular complexity index is 622. The van der Waals surface area contributed by atoms with E-state index in [1.165, 1.54) is 0 Å². The van der Waals surface area contributed by atoms with Crippen molar-refractivity contribution < 1.29 is 17.9 Å². The molecular formula is C13H21N3O4S. The minimum Gasteiger partial charge on any atom is -0.461 e. The van der Waals surface area contributed by atoms with Crippen LogP contribution >= 0.6 is 0 Å². The smallest absolute Gasteiger partial charge is 0.360 e. The number of ether oxygens (including phenoxy) is 1. The van der Waals surface area contributed by atoms with E-state index in [0.717, 1.165) is 0 Å². The van der Waals surface area contributed by atoms with E-state index in [1.807, 2.05) is 6.92 Å². The van der Waals surface area contributed by atoms with Crippen LogP contribution in [0, 0.1) is 0 Å². The highest BCUT2D eigenvalue weighted by atomic mass is 32.2. The van der Waals surface area contributed by atoms with E-state index in [1.54, 1.807) is 11.5 Å². The molecular weight excluding hydrogens is 294 g/mol. The van der Waals surface area contributed by atoms with Gasteiger partial charge in [0.1, 0.15) is 21.5 Å². The van der Waals surface area contributed by atoms with Crippen LogP contribution in [0.1, 0.15) is 49.0 Å². The molecule has 1 fully saturated rings. The molecule has 0 radical (unpaired) electrons. The third kappa shape index (κ3) is 3.20. The molecule has 1 aliphatic rings. The molecule has 0 bridgehead atoms. The molecule has 0 amide bonds. The van der Waals surface area contributed by atoms with E-state index in [4.69, 9.17) is 10.5 Å². The number of aryl methyl sites for hydroxylation is 1. The van der Waals surface area contributed by atoms with Gasteiger partial charge in [0.25, 0.3) is 0 Å². The first kappa shape index (κ1) is 15.8. The number of nitrogens with two attached hydrogens (primary N) is 1. The number of anilines is 1. The molecule has 0 aromatic carbocycles. The highest BCUT2D eigenvalue weighted by Gasteiger charge is 2.30. The fourth-order valence-corrected chi connectivity index (χ4v) is 4.10. The maximum absolute atomic E-state index is 11.9. The Morgan fingerprint density at radius 1 is 1.38 bits per heavy atom. The number of hydrogen-bond acceptors (Lipinski definition) is 6. The largest absolute Gasteiger partial charge is 0.461 e. The number of aromatic nitrogens is 2. The van der Waals surface area contributed by atoms with Crippen LogP contribution in [0.2, 0.25) is 0 Å². The number of esters is 1. The van der Waals surface area contributed by atoms with Gasteiger partial charge in [-0.25, -0.2) is 18.2 Å². The van der Waals surface area contributed by atoms with E-state index in [9.17, 15) is 13.2 Å². The second-order valence-corrected chi connectivity index (χ2v) is 7.39. The van der Waals surface area contributed by atoms with E-state index in [2.05, 4.69) is 4.98 Å². The van der Waals surface area contributed by atoms with Crippen molar-refractivity contribution in [1.29, 1.82) is 0 Å². The number of hydrogen-bond donors (Lipinski definition) is 1. The molecule has 7 nitrogen and oxygen atoms in total. The van der Waals surface area contributed by atoms with Crippen LogP contribution < -0.4 is 5.73 Å². The number of carbonyl (C=O) groups excluding carboxylic acids is 1. The Kier molecular flexibility index (Phi) is 4.55. The monoisotopic (exact) mass is 315 g/mol. The highest BCUT2D eigenvalue weighted by Crippen LogP contribution is 2.30. The van der Waals surface area contributed by atoms with E-state index >= 15 is 0 Å². The quantitative estimate of drug-likeness (QED) is 0.830. The fourth-order valence-electron chi connectivity index (χ4n) is 2.64. The Morgan fingerprint density at radius 2 is 2.00 bits per heavy atom. The van der Waals surface area contributed by atoms with Crippen molar-refractivity contribution >= 4 is 21.6 Å². The number of rotatable bonds is 4. The lowest BCUT2D eigenvalue weighted by molar-refractivity contribution is 0.0521. The van der Waals surface area contributed by atoms with Gasteiger partial charge in [-0.05, 0) is 19.8 Å². The van der Waals surface area contributed by atoms with Gasteiger partial charge >= 0.3 is 5.97 Å². The van der Waals surface area contributed by atoms with E-state index < -0.39 is 15.8 Å². The molecule has 1 saturated heterocycles. The van der Waals surface area contributed by atoms with Crippen LogP contribution in [0.15, 0.2) is 0 Å². The third-order valence-corrected chi connectivity index (χ3v) is 5.41. The van der Waals surface area contributed by atoms with Crippen molar-refractivity contribution in [2.45, 2.75) is 39.2 Å². The van der Waals surface area contributed by atoms with Crippen LogP contribution in [0.3, 0.4) is 0 Å². The molecule has 0 spiro atoms. The van der Waals surface area contributed by atoms with Gasteiger partial charge in [0.15, 0.2) is 5.69 Å². The molecule has 1 aromatic heterocycles. The lowest BCUT2D eigenvalue weighted by Crippen LogP contribution is -2.27. The summed E-state index contributed by atoms with van der Waals surface area (Å²) in [7, 11) is -2.94. The summed E-state index contributed by atoms with van der Waals surface area (Å²) in [6, 6.07) is -0.0286. The van der Waals surface area contributed by atoms with E-state index in [0.29, 0.717) is 25.1 Å². The van der Waals surface area contributed by atoms with Crippen LogP contribution in [0.25, 0.3) is 0 Å². The van der Waals surface area contributed by atoms with Crippen LogP contribution in [0.5, 0.6) is 0 Å². The fraction of sp³-hybridized carbons (Fsp3) is 0.692. The predicted octanol–water partition coefficient (Wildman–Crippen LogP) is 0.954. The summed E-state index contributed by atoms with van der Waals surface area (Å²) >= 11 is 0. The summed E-state index contributed by atoms with van der Waals surface area (Å²) in [6.07, 6.45) is 1.61. The van der Waals surface area contributed by atoms with Crippen molar-refractivity contribution in [3.8, 4) is 0 Å². The van der Waals surface area contributed by atoms with Crippen molar-refractivity contribution in [1.82, 2.24) is 9.55 Å². The maximum atomic E-state index is 11.9. The zero-order valence-corrected chi connectivity index (χ0v) is 13.1. The van der Waals surface area contributed by atoms with Gasteiger partial charge in [-0.1, -0.05) is 6.92 Å². The van der Waals surface area contributed by atoms with E-state index in [-0.39, 0.29) is 35.7 Å². The molecule has 0 aliphatic carbocycles. The van der Waals surface area contributed by atoms with Crippen LogP contribution in [0.4, 0.5) is 5.82 Å². The maximum Gasteiger partial charge on any atom is 0.360 e. The Hall–Kier alpha value is -1.57. The number of carbonyl (C=O) groups is 1. The summed E-state index contributed by atoms with van der Waals surface area (Å²) in [5, 5.41) is 0. The summed E-state index contributed by atoms with van der Waals surface area (Å²) in [5.41, 5.74) is 6.19. The first-order valence-corrected chi connectivity index (χ1v) is 8.95. The third-order valence-electron chi connectivity index (χ3n) is 3.70. The van der Waals surface area contributed by atoms with Gasteiger partial charge < -0.3 is 15.0 Å². The number of nitrogen functional groups attached to an aromatic ring is 1. The first-order valence-electron chi connectivity index (χ1n) is 7.13. The van der Waals surface area contributed by atoms with Crippen molar-refractivity contribution in [2.75, 3.05) is 23.8 Å². The summed E-state index contributed by atoms with van der Waals surface area (Å²) in [5.74, 6) is 0.724. The van der Waals surface area contributed by atoms with Gasteiger partial charge in [0.2, 0.25) is 0 Å². The standard InChI is InChI=1S/C13H21N3O4S/c1-3-10-15-11(13(17)20-4-2)12(14)16(10)9-5-7-21(18,19)8-6-9/h9H,3-8,14H2,1-2H3. The zero-order valence-electron chi connectivity index (χ0n) is 12.3. The molecule has 2 heterocycles. The zero-order chi connectivity index (χ0) is 15.6. The first-order chi connectivity index (χ1) is 9.89. The van der Waals surface area contributed by atoms with Gasteiger partial charge in [-0.2, -0.15) is 0 Å². The number of sulfone groups is 1. The predicted molar refractivity (Wildman–Crippen MR) is 78.9 cm³/mol. The van der Waals surface area contributed by atoms with Crippen LogP contribution in [-0.4, -0.2) is 42.1 Å². The average molecular weight is 315 g/mol. The lowest BCUT2D eigenvalue weighted by atomic mass is 10.1. The van der Waals surface area contributed by atoms with Gasteiger partial charge in [0, 0.05) is 12.5 Å². The molecule has 0 saturated carbocycles. The van der Waals surface area contributed by atoms with Crippen molar-refractivity contribution in [2.24, 2.45) is 0 Å². The second kappa shape index (κ2) is 6.05. The molecule has 1 aromatic rings. The molecule has 21 heavy (non-hydrogen) atoms. The number of nitrogens with zero attached hydrogens (tertiary/aromatic N) is 2. The summed E-state index contributed by atoms with van der Waals surface area (Å²) in [4.78, 5) is 16.1. The molecule has 8 heteroatoms. The topological polar surface area (TPSA) is 104 Å². The van der Waals surface area contributed by atoms with Gasteiger partial charge in [-0.15, -0.1) is 0 Å². The Labute approximate surface area is 124 Å². The molecule has 2 rings (SSSR count). The van der Waals surface area contributed by atoms with Gasteiger partial charge in [-0.3, -0.25) is 0 Å². The minimum atomic E-state index is -2.94. The van der Waals surface area contributed by atoms with Crippen molar-refractivity contribution in [3.05, 3.63) is 11.5 Å². The Balaban J connectivity index is 2.33. The molecule has 118 valence electrons. The van der Waals surface area contributed by atoms with Crippen molar-refractivity contribution in [3.63, 3.8) is 0 Å². The lowest BCUT2D eigenvalue weighted by Gasteiger charge is -2.25. The Morgan fingerprint density at radius 3 is 2.52 bits per heavy atom. The molecule has 0 atom stereocenters. The summed E-state index contributed by atoms with van der Waals surface area (Å²) in [6.45, 7) is 3.90. The normalized spacial score (nSPS) is 18.6. The SMILES string of the molecule is CCOC(=O)c1nc(CC)n(C2CCS(=O)(=O)CC2)c1N. The second-order valence-electron chi connectivity index (χ2n) is 5.09. The molecule has 1 aliphatic heterocycles. The van der Waals surface area contributed by atoms with Crippen LogP contribution in [-0.2, 0) is 21.0 Å². The van der Waals surface area contributed by atoms with Gasteiger partial charge in [0.05, 0.1) is 18.1 Å². The number of imidazole rings is 1. The molecule has 2 N–H and O–H groups in total. The average Bonchev–Trinajstić information content (AvgIpc) is 2.76. The molecule has 0 unspecified atom stereocenters. The minimum absolute atomic E-state index is 0.0286. The summed E-state index contributed by atoms with van der Waals surface area (Å²) < 4.78 is 29.8.